The highest BCUT2D eigenvalue weighted by Gasteiger charge is 2.13. The van der Waals surface area contributed by atoms with Crippen LogP contribution in [0.2, 0.25) is 5.02 Å². The van der Waals surface area contributed by atoms with Gasteiger partial charge >= 0.3 is 6.09 Å². The van der Waals surface area contributed by atoms with Gasteiger partial charge in [0.05, 0.1) is 0 Å². The first kappa shape index (κ1) is 13.5. The number of hydrogen-bond donors (Lipinski definition) is 1. The second kappa shape index (κ2) is 5.50. The van der Waals surface area contributed by atoms with E-state index >= 15 is 0 Å². The number of nitrogens with one attached hydrogen (secondary N) is 1. The highest BCUT2D eigenvalue weighted by Crippen LogP contribution is 2.29. The first-order valence-corrected chi connectivity index (χ1v) is 6.74. The monoisotopic (exact) mass is 301 g/mol. The van der Waals surface area contributed by atoms with E-state index < -0.39 is 6.09 Å². The molecule has 0 atom stereocenters. The van der Waals surface area contributed by atoms with Gasteiger partial charge in [-0.2, -0.15) is 0 Å². The number of aryl methyl sites for hydroxylation is 1. The van der Waals surface area contributed by atoms with Crippen LogP contribution in [0.1, 0.15) is 5.56 Å². The fourth-order valence-electron chi connectivity index (χ4n) is 2.02. The van der Waals surface area contributed by atoms with Crippen molar-refractivity contribution < 1.29 is 13.9 Å². The molecule has 2 aromatic carbocycles. The fraction of sp³-hybridized carbons (Fsp3) is 0.0625. The molecule has 1 amide bonds. The van der Waals surface area contributed by atoms with E-state index in [2.05, 4.69) is 5.32 Å². The molecule has 4 nitrogen and oxygen atoms in total. The molecule has 3 aromatic rings. The molecule has 0 radical (unpaired) electrons. The summed E-state index contributed by atoms with van der Waals surface area (Å²) in [5, 5.41) is 4.14. The van der Waals surface area contributed by atoms with Crippen LogP contribution in [0.3, 0.4) is 0 Å². The summed E-state index contributed by atoms with van der Waals surface area (Å²) in [6.07, 6.45) is -0.612. The summed E-state index contributed by atoms with van der Waals surface area (Å²) in [6.45, 7) is 1.88. The van der Waals surface area contributed by atoms with Gasteiger partial charge in [-0.15, -0.1) is 0 Å². The summed E-state index contributed by atoms with van der Waals surface area (Å²) < 4.78 is 10.7. The van der Waals surface area contributed by atoms with Crippen LogP contribution in [0.25, 0.3) is 11.0 Å². The summed E-state index contributed by atoms with van der Waals surface area (Å²) >= 11 is 5.77. The van der Waals surface area contributed by atoms with Gasteiger partial charge in [0.2, 0.25) is 5.88 Å². The average Bonchev–Trinajstić information content (AvgIpc) is 2.78. The lowest BCUT2D eigenvalue weighted by molar-refractivity contribution is 0.214. The Kier molecular flexibility index (Phi) is 3.54. The number of benzene rings is 2. The van der Waals surface area contributed by atoms with E-state index in [4.69, 9.17) is 20.8 Å². The van der Waals surface area contributed by atoms with Crippen LogP contribution in [-0.2, 0) is 0 Å². The van der Waals surface area contributed by atoms with Crippen molar-refractivity contribution in [3.8, 4) is 5.75 Å². The highest BCUT2D eigenvalue weighted by molar-refractivity contribution is 6.30. The number of furan rings is 1. The second-order valence-electron chi connectivity index (χ2n) is 4.52. The zero-order valence-corrected chi connectivity index (χ0v) is 12.0. The Hall–Kier alpha value is -2.46. The normalized spacial score (nSPS) is 10.6. The van der Waals surface area contributed by atoms with Crippen LogP contribution < -0.4 is 10.1 Å². The second-order valence-corrected chi connectivity index (χ2v) is 4.96. The number of amides is 1. The number of carbonyl (C=O) groups excluding carboxylic acids is 1. The van der Waals surface area contributed by atoms with Crippen molar-refractivity contribution in [3.63, 3.8) is 0 Å². The predicted octanol–water partition coefficient (Wildman–Crippen LogP) is 5.01. The summed E-state index contributed by atoms with van der Waals surface area (Å²) in [5.74, 6) is 0.792. The van der Waals surface area contributed by atoms with E-state index in [0.717, 1.165) is 16.5 Å². The molecule has 0 unspecified atom stereocenters. The number of ether oxygens (including phenoxy) is 1. The lowest BCUT2D eigenvalue weighted by Crippen LogP contribution is -2.16. The highest BCUT2D eigenvalue weighted by atomic mass is 35.5. The van der Waals surface area contributed by atoms with Crippen molar-refractivity contribution in [1.82, 2.24) is 0 Å². The molecular formula is C16H12ClNO3. The zero-order valence-electron chi connectivity index (χ0n) is 11.2. The number of anilines is 1. The van der Waals surface area contributed by atoms with E-state index in [1.165, 1.54) is 0 Å². The standard InChI is InChI=1S/C16H12ClNO3/c1-10-13-4-2-3-5-14(13)21-15(10)18-16(19)20-12-8-6-11(17)7-9-12/h2-9H,1H3,(H,18,19). The van der Waals surface area contributed by atoms with Gasteiger partial charge in [-0.3, -0.25) is 5.32 Å². The van der Waals surface area contributed by atoms with Gasteiger partial charge in [-0.1, -0.05) is 29.8 Å². The first-order valence-electron chi connectivity index (χ1n) is 6.36. The smallest absolute Gasteiger partial charge is 0.419 e. The number of para-hydroxylation sites is 1. The van der Waals surface area contributed by atoms with Crippen LogP contribution in [0.5, 0.6) is 5.75 Å². The Balaban J connectivity index is 1.77. The molecule has 0 saturated carbocycles. The molecule has 0 aliphatic heterocycles. The third-order valence-corrected chi connectivity index (χ3v) is 3.34. The third kappa shape index (κ3) is 2.85. The number of hydrogen-bond acceptors (Lipinski definition) is 3. The molecule has 106 valence electrons. The third-order valence-electron chi connectivity index (χ3n) is 3.08. The van der Waals surface area contributed by atoms with Crippen molar-refractivity contribution in [1.29, 1.82) is 0 Å². The zero-order chi connectivity index (χ0) is 14.8. The molecule has 1 heterocycles. The van der Waals surface area contributed by atoms with E-state index in [9.17, 15) is 4.79 Å². The molecule has 21 heavy (non-hydrogen) atoms. The molecule has 0 aliphatic rings. The Labute approximate surface area is 126 Å². The number of fused-ring (bicyclic) bond motifs is 1. The van der Waals surface area contributed by atoms with E-state index in [0.29, 0.717) is 16.7 Å². The number of rotatable bonds is 2. The maximum Gasteiger partial charge on any atom is 0.419 e. The molecule has 1 aromatic heterocycles. The molecule has 0 fully saturated rings. The van der Waals surface area contributed by atoms with Crippen molar-refractivity contribution in [2.45, 2.75) is 6.92 Å². The summed E-state index contributed by atoms with van der Waals surface area (Å²) in [6, 6.07) is 14.1. The molecule has 0 aliphatic carbocycles. The van der Waals surface area contributed by atoms with Crippen molar-refractivity contribution in [3.05, 3.63) is 59.1 Å². The molecule has 0 saturated heterocycles. The predicted molar refractivity (Wildman–Crippen MR) is 82.0 cm³/mol. The molecule has 0 bridgehead atoms. The maximum atomic E-state index is 11.9. The number of halogens is 1. The van der Waals surface area contributed by atoms with E-state index in [1.807, 2.05) is 31.2 Å². The minimum absolute atomic E-state index is 0.384. The summed E-state index contributed by atoms with van der Waals surface area (Å²) in [5.41, 5.74) is 1.58. The van der Waals surface area contributed by atoms with E-state index in [-0.39, 0.29) is 0 Å². The van der Waals surface area contributed by atoms with Gasteiger partial charge in [0.15, 0.2) is 0 Å². The van der Waals surface area contributed by atoms with Crippen molar-refractivity contribution >= 4 is 34.5 Å². The average molecular weight is 302 g/mol. The number of carbonyl (C=O) groups is 1. The SMILES string of the molecule is Cc1c(NC(=O)Oc2ccc(Cl)cc2)oc2ccccc12. The largest absolute Gasteiger partial charge is 0.440 e. The lowest BCUT2D eigenvalue weighted by atomic mass is 10.2. The van der Waals surface area contributed by atoms with Gasteiger partial charge < -0.3 is 9.15 Å². The van der Waals surface area contributed by atoms with E-state index in [1.54, 1.807) is 24.3 Å². The van der Waals surface area contributed by atoms with Crippen LogP contribution in [0.4, 0.5) is 10.7 Å². The summed E-state index contributed by atoms with van der Waals surface area (Å²) in [4.78, 5) is 11.9. The quantitative estimate of drug-likeness (QED) is 0.724. The molecule has 1 N–H and O–H groups in total. The summed E-state index contributed by atoms with van der Waals surface area (Å²) in [7, 11) is 0. The Morgan fingerprint density at radius 1 is 1.14 bits per heavy atom. The van der Waals surface area contributed by atoms with Crippen LogP contribution >= 0.6 is 11.6 Å². The fourth-order valence-corrected chi connectivity index (χ4v) is 2.15. The van der Waals surface area contributed by atoms with Crippen molar-refractivity contribution in [2.24, 2.45) is 0 Å². The minimum Gasteiger partial charge on any atom is -0.440 e. The molecule has 5 heteroatoms. The Morgan fingerprint density at radius 3 is 2.57 bits per heavy atom. The minimum atomic E-state index is -0.612. The Bertz CT molecular complexity index is 793. The molecule has 0 spiro atoms. The topological polar surface area (TPSA) is 51.5 Å². The van der Waals surface area contributed by atoms with Crippen LogP contribution in [0, 0.1) is 6.92 Å². The molecular weight excluding hydrogens is 290 g/mol. The first-order chi connectivity index (χ1) is 10.1. The maximum absolute atomic E-state index is 11.9. The van der Waals surface area contributed by atoms with Gasteiger partial charge in [0, 0.05) is 16.0 Å². The van der Waals surface area contributed by atoms with Gasteiger partial charge in [0.25, 0.3) is 0 Å². The lowest BCUT2D eigenvalue weighted by Gasteiger charge is -2.05. The van der Waals surface area contributed by atoms with Gasteiger partial charge in [-0.05, 0) is 37.3 Å². The van der Waals surface area contributed by atoms with Crippen molar-refractivity contribution in [2.75, 3.05) is 5.32 Å². The van der Waals surface area contributed by atoms with Gasteiger partial charge in [0.1, 0.15) is 11.3 Å². The molecule has 3 rings (SSSR count). The van der Waals surface area contributed by atoms with Gasteiger partial charge in [-0.25, -0.2) is 4.79 Å². The van der Waals surface area contributed by atoms with Crippen LogP contribution in [0.15, 0.2) is 52.9 Å². The Morgan fingerprint density at radius 2 is 1.86 bits per heavy atom. The van der Waals surface area contributed by atoms with Crippen LogP contribution in [-0.4, -0.2) is 6.09 Å².